The van der Waals surface area contributed by atoms with E-state index in [0.717, 1.165) is 5.56 Å². The van der Waals surface area contributed by atoms with Crippen LogP contribution in [0.15, 0.2) is 21.2 Å². The molecule has 0 radical (unpaired) electrons. The number of rotatable bonds is 3. The number of aromatic nitrogens is 2. The average Bonchev–Trinajstić information content (AvgIpc) is 2.85. The number of nitrogens with zero attached hydrogens (tertiary/aromatic N) is 2. The van der Waals surface area contributed by atoms with E-state index in [4.69, 9.17) is 10.3 Å². The first kappa shape index (κ1) is 9.81. The molecule has 0 bridgehead atoms. The average molecular weight is 224 g/mol. The Kier molecular flexibility index (Phi) is 2.75. The van der Waals surface area contributed by atoms with Crippen molar-refractivity contribution in [3.05, 3.63) is 22.7 Å². The minimum atomic E-state index is -0.365. The van der Waals surface area contributed by atoms with Gasteiger partial charge in [-0.2, -0.15) is 11.3 Å². The topological polar surface area (TPSA) is 94.0 Å². The van der Waals surface area contributed by atoms with E-state index < -0.39 is 0 Å². The van der Waals surface area contributed by atoms with E-state index in [1.807, 2.05) is 22.3 Å². The van der Waals surface area contributed by atoms with Crippen molar-refractivity contribution in [2.75, 3.05) is 0 Å². The van der Waals surface area contributed by atoms with E-state index >= 15 is 0 Å². The number of hydrogen-bond donors (Lipinski definition) is 2. The fourth-order valence-electron chi connectivity index (χ4n) is 1.02. The van der Waals surface area contributed by atoms with E-state index in [1.54, 1.807) is 0 Å². The lowest BCUT2D eigenvalue weighted by atomic mass is 10.3. The third-order valence-electron chi connectivity index (χ3n) is 1.71. The van der Waals surface area contributed by atoms with Gasteiger partial charge in [-0.3, -0.25) is 10.2 Å². The Morgan fingerprint density at radius 1 is 1.60 bits per heavy atom. The van der Waals surface area contributed by atoms with Gasteiger partial charge in [0.05, 0.1) is 0 Å². The van der Waals surface area contributed by atoms with Crippen LogP contribution in [-0.2, 0) is 11.2 Å². The van der Waals surface area contributed by atoms with Gasteiger partial charge in [0.1, 0.15) is 6.42 Å². The summed E-state index contributed by atoms with van der Waals surface area (Å²) in [7, 11) is 0. The number of nitrogens with two attached hydrogens (primary N) is 1. The van der Waals surface area contributed by atoms with Gasteiger partial charge < -0.3 is 4.42 Å². The van der Waals surface area contributed by atoms with Gasteiger partial charge in [0.2, 0.25) is 17.7 Å². The van der Waals surface area contributed by atoms with Gasteiger partial charge in [-0.15, -0.1) is 10.2 Å². The fraction of sp³-hybridized carbons (Fsp3) is 0.125. The number of carbonyl (C=O) groups is 1. The summed E-state index contributed by atoms with van der Waals surface area (Å²) >= 11 is 1.54. The van der Waals surface area contributed by atoms with Crippen molar-refractivity contribution in [1.29, 1.82) is 0 Å². The van der Waals surface area contributed by atoms with E-state index in [0.29, 0.717) is 5.89 Å². The molecule has 0 saturated carbocycles. The van der Waals surface area contributed by atoms with Crippen LogP contribution >= 0.6 is 11.3 Å². The van der Waals surface area contributed by atoms with Gasteiger partial charge in [0.25, 0.3) is 0 Å². The van der Waals surface area contributed by atoms with Crippen molar-refractivity contribution in [3.63, 3.8) is 0 Å². The van der Waals surface area contributed by atoms with Crippen LogP contribution in [0.4, 0.5) is 0 Å². The Morgan fingerprint density at radius 3 is 3.13 bits per heavy atom. The maximum absolute atomic E-state index is 10.9. The summed E-state index contributed by atoms with van der Waals surface area (Å²) in [5.41, 5.74) is 2.85. The Morgan fingerprint density at radius 2 is 2.47 bits per heavy atom. The molecule has 2 rings (SSSR count). The summed E-state index contributed by atoms with van der Waals surface area (Å²) in [4.78, 5) is 10.9. The maximum atomic E-state index is 10.9. The van der Waals surface area contributed by atoms with Gasteiger partial charge in [-0.25, -0.2) is 5.84 Å². The molecule has 6 nitrogen and oxygen atoms in total. The summed E-state index contributed by atoms with van der Waals surface area (Å²) in [6, 6.07) is 1.87. The normalized spacial score (nSPS) is 10.2. The summed E-state index contributed by atoms with van der Waals surface area (Å²) in [5, 5.41) is 11.3. The first-order valence-corrected chi connectivity index (χ1v) is 5.08. The van der Waals surface area contributed by atoms with Crippen LogP contribution in [0, 0.1) is 0 Å². The van der Waals surface area contributed by atoms with Crippen LogP contribution in [0.25, 0.3) is 11.5 Å². The molecule has 3 N–H and O–H groups in total. The van der Waals surface area contributed by atoms with Gasteiger partial charge >= 0.3 is 0 Å². The SMILES string of the molecule is NNC(=O)Cc1nnc(-c2ccsc2)o1. The largest absolute Gasteiger partial charge is 0.420 e. The third kappa shape index (κ3) is 2.20. The van der Waals surface area contributed by atoms with Gasteiger partial charge in [-0.1, -0.05) is 0 Å². The minimum Gasteiger partial charge on any atom is -0.420 e. The molecule has 0 spiro atoms. The Labute approximate surface area is 89.1 Å². The molecule has 78 valence electrons. The van der Waals surface area contributed by atoms with Crippen molar-refractivity contribution in [1.82, 2.24) is 15.6 Å². The lowest BCUT2D eigenvalue weighted by molar-refractivity contribution is -0.120. The number of carbonyl (C=O) groups excluding carboxylic acids is 1. The highest BCUT2D eigenvalue weighted by Crippen LogP contribution is 2.20. The Bertz CT molecular complexity index is 451. The van der Waals surface area contributed by atoms with Crippen LogP contribution in [0.2, 0.25) is 0 Å². The molecule has 0 aromatic carbocycles. The van der Waals surface area contributed by atoms with Crippen LogP contribution < -0.4 is 11.3 Å². The molecule has 2 aromatic rings. The van der Waals surface area contributed by atoms with Crippen molar-refractivity contribution in [2.24, 2.45) is 5.84 Å². The lowest BCUT2D eigenvalue weighted by Crippen LogP contribution is -2.31. The molecule has 0 aliphatic carbocycles. The molecule has 7 heteroatoms. The summed E-state index contributed by atoms with van der Waals surface area (Å²) < 4.78 is 5.27. The highest BCUT2D eigenvalue weighted by atomic mass is 32.1. The second-order valence-electron chi connectivity index (χ2n) is 2.76. The zero-order valence-corrected chi connectivity index (χ0v) is 8.45. The molecule has 1 amide bonds. The molecule has 2 aromatic heterocycles. The monoisotopic (exact) mass is 224 g/mol. The van der Waals surface area contributed by atoms with E-state index in [9.17, 15) is 4.79 Å². The first-order chi connectivity index (χ1) is 7.29. The molecule has 0 unspecified atom stereocenters. The number of hydrazine groups is 1. The van der Waals surface area contributed by atoms with Crippen LogP contribution in [0.1, 0.15) is 5.89 Å². The predicted octanol–water partition coefficient (Wildman–Crippen LogP) is 0.331. The lowest BCUT2D eigenvalue weighted by Gasteiger charge is -1.92. The van der Waals surface area contributed by atoms with Crippen molar-refractivity contribution < 1.29 is 9.21 Å². The van der Waals surface area contributed by atoms with Gasteiger partial charge in [0, 0.05) is 10.9 Å². The van der Waals surface area contributed by atoms with Crippen molar-refractivity contribution >= 4 is 17.2 Å². The third-order valence-corrected chi connectivity index (χ3v) is 2.39. The molecule has 0 atom stereocenters. The number of nitrogens with one attached hydrogen (secondary N) is 1. The fourth-order valence-corrected chi connectivity index (χ4v) is 1.65. The van der Waals surface area contributed by atoms with Crippen LogP contribution in [0.3, 0.4) is 0 Å². The van der Waals surface area contributed by atoms with Crippen molar-refractivity contribution in [3.8, 4) is 11.5 Å². The molecule has 0 aliphatic heterocycles. The van der Waals surface area contributed by atoms with Crippen molar-refractivity contribution in [2.45, 2.75) is 6.42 Å². The molecular weight excluding hydrogens is 216 g/mol. The summed E-state index contributed by atoms with van der Waals surface area (Å²) in [5.74, 6) is 5.23. The number of amides is 1. The second kappa shape index (κ2) is 4.20. The highest BCUT2D eigenvalue weighted by molar-refractivity contribution is 7.08. The van der Waals surface area contributed by atoms with E-state index in [2.05, 4.69) is 10.2 Å². The van der Waals surface area contributed by atoms with Crippen LogP contribution in [-0.4, -0.2) is 16.1 Å². The minimum absolute atomic E-state index is 0.00631. The predicted molar refractivity (Wildman–Crippen MR) is 53.6 cm³/mol. The molecule has 0 aliphatic rings. The van der Waals surface area contributed by atoms with Crippen LogP contribution in [0.5, 0.6) is 0 Å². The van der Waals surface area contributed by atoms with E-state index in [-0.39, 0.29) is 18.2 Å². The summed E-state index contributed by atoms with van der Waals surface area (Å²) in [6.07, 6.45) is -0.00631. The number of thiophene rings is 1. The standard InChI is InChI=1S/C8H8N4O2S/c9-10-6(13)3-7-11-12-8(14-7)5-1-2-15-4-5/h1-2,4H,3,9H2,(H,10,13). The van der Waals surface area contributed by atoms with E-state index in [1.165, 1.54) is 11.3 Å². The first-order valence-electron chi connectivity index (χ1n) is 4.14. The molecule has 15 heavy (non-hydrogen) atoms. The summed E-state index contributed by atoms with van der Waals surface area (Å²) in [6.45, 7) is 0. The Balaban J connectivity index is 2.14. The van der Waals surface area contributed by atoms with Gasteiger partial charge in [0.15, 0.2) is 0 Å². The quantitative estimate of drug-likeness (QED) is 0.445. The molecule has 2 heterocycles. The Hall–Kier alpha value is -1.73. The molecule has 0 fully saturated rings. The highest BCUT2D eigenvalue weighted by Gasteiger charge is 2.11. The zero-order chi connectivity index (χ0) is 10.7. The second-order valence-corrected chi connectivity index (χ2v) is 3.54. The molecular formula is C8H8N4O2S. The molecule has 0 saturated heterocycles. The smallest absolute Gasteiger partial charge is 0.248 e. The van der Waals surface area contributed by atoms with Gasteiger partial charge in [-0.05, 0) is 11.4 Å². The zero-order valence-electron chi connectivity index (χ0n) is 7.64. The maximum Gasteiger partial charge on any atom is 0.248 e. The number of hydrogen-bond acceptors (Lipinski definition) is 6.